The molecule has 1 aromatic heterocycles. The second kappa shape index (κ2) is 6.71. The van der Waals surface area contributed by atoms with Gasteiger partial charge in [0.25, 0.3) is 10.0 Å². The Morgan fingerprint density at radius 2 is 1.87 bits per heavy atom. The second-order valence-corrected chi connectivity index (χ2v) is 8.35. The fraction of sp³-hybridized carbons (Fsp3) is 0.400. The number of rotatable bonds is 5. The van der Waals surface area contributed by atoms with E-state index in [4.69, 9.17) is 23.2 Å². The molecule has 126 valence electrons. The van der Waals surface area contributed by atoms with Gasteiger partial charge in [-0.3, -0.25) is 9.40 Å². The van der Waals surface area contributed by atoms with Crippen LogP contribution in [-0.4, -0.2) is 18.2 Å². The Kier molecular flexibility index (Phi) is 5.28. The van der Waals surface area contributed by atoms with Crippen LogP contribution in [0.25, 0.3) is 0 Å². The van der Waals surface area contributed by atoms with Crippen molar-refractivity contribution in [3.63, 3.8) is 0 Å². The third-order valence-electron chi connectivity index (χ3n) is 3.25. The molecular formula is C15H19Cl2N3O2S. The topological polar surface area (TPSA) is 64.0 Å². The molecule has 0 saturated carbocycles. The average Bonchev–Trinajstić information content (AvgIpc) is 2.72. The van der Waals surface area contributed by atoms with Gasteiger partial charge in [-0.25, -0.2) is 8.42 Å². The molecule has 0 bridgehead atoms. The van der Waals surface area contributed by atoms with Gasteiger partial charge in [0, 0.05) is 17.8 Å². The summed E-state index contributed by atoms with van der Waals surface area (Å²) in [5.74, 6) is 0.409. The van der Waals surface area contributed by atoms with Crippen LogP contribution in [0.1, 0.15) is 25.1 Å². The lowest BCUT2D eigenvalue weighted by Crippen LogP contribution is -2.14. The Bertz CT molecular complexity index is 829. The third kappa shape index (κ3) is 4.19. The van der Waals surface area contributed by atoms with E-state index < -0.39 is 10.0 Å². The smallest absolute Gasteiger partial charge is 0.263 e. The Morgan fingerprint density at radius 3 is 2.48 bits per heavy atom. The van der Waals surface area contributed by atoms with Gasteiger partial charge >= 0.3 is 0 Å². The van der Waals surface area contributed by atoms with E-state index in [0.29, 0.717) is 34.4 Å². The molecule has 0 unspecified atom stereocenters. The van der Waals surface area contributed by atoms with E-state index >= 15 is 0 Å². The Hall–Kier alpha value is -1.24. The molecule has 0 saturated heterocycles. The van der Waals surface area contributed by atoms with E-state index in [-0.39, 0.29) is 9.92 Å². The lowest BCUT2D eigenvalue weighted by molar-refractivity contribution is 0.481. The monoisotopic (exact) mass is 375 g/mol. The molecule has 0 aliphatic heterocycles. The van der Waals surface area contributed by atoms with E-state index in [1.165, 1.54) is 12.1 Å². The van der Waals surface area contributed by atoms with E-state index in [2.05, 4.69) is 23.7 Å². The highest BCUT2D eigenvalue weighted by Crippen LogP contribution is 2.30. The number of hydrogen-bond donors (Lipinski definition) is 1. The van der Waals surface area contributed by atoms with Crippen LogP contribution in [0.2, 0.25) is 10.0 Å². The quantitative estimate of drug-likeness (QED) is 0.848. The zero-order valence-corrected chi connectivity index (χ0v) is 15.7. The number of anilines is 1. The van der Waals surface area contributed by atoms with Crippen LogP contribution in [0, 0.1) is 19.8 Å². The summed E-state index contributed by atoms with van der Waals surface area (Å²) in [6.45, 7) is 8.32. The second-order valence-electron chi connectivity index (χ2n) is 5.88. The van der Waals surface area contributed by atoms with Gasteiger partial charge in [-0.1, -0.05) is 37.0 Å². The number of hydrogen-bond acceptors (Lipinski definition) is 3. The SMILES string of the molecule is Cc1cc(S(=O)(=O)Nc2cn(CC(C)C)nc2C)c(Cl)cc1Cl. The number of aryl methyl sites for hydroxylation is 2. The Morgan fingerprint density at radius 1 is 1.22 bits per heavy atom. The maximum absolute atomic E-state index is 12.6. The number of benzene rings is 1. The summed E-state index contributed by atoms with van der Waals surface area (Å²) < 4.78 is 29.5. The first-order chi connectivity index (χ1) is 10.6. The summed E-state index contributed by atoms with van der Waals surface area (Å²) in [6, 6.07) is 2.89. The van der Waals surface area contributed by atoms with Crippen molar-refractivity contribution >= 4 is 38.9 Å². The van der Waals surface area contributed by atoms with Gasteiger partial charge in [0.15, 0.2) is 0 Å². The number of nitrogens with zero attached hydrogens (tertiary/aromatic N) is 2. The minimum absolute atomic E-state index is 0.00271. The molecule has 0 spiro atoms. The zero-order chi connectivity index (χ0) is 17.4. The van der Waals surface area contributed by atoms with E-state index in [1.807, 2.05) is 0 Å². The average molecular weight is 376 g/mol. The minimum atomic E-state index is -3.81. The van der Waals surface area contributed by atoms with Gasteiger partial charge < -0.3 is 0 Å². The van der Waals surface area contributed by atoms with Crippen molar-refractivity contribution in [2.45, 2.75) is 39.1 Å². The highest BCUT2D eigenvalue weighted by atomic mass is 35.5. The highest BCUT2D eigenvalue weighted by Gasteiger charge is 2.21. The van der Waals surface area contributed by atoms with E-state index in [0.717, 1.165) is 0 Å². The van der Waals surface area contributed by atoms with Crippen LogP contribution in [0.5, 0.6) is 0 Å². The van der Waals surface area contributed by atoms with Gasteiger partial charge in [-0.05, 0) is 37.5 Å². The first kappa shape index (κ1) is 18.1. The standard InChI is InChI=1S/C15H19Cl2N3O2S/c1-9(2)7-20-8-14(11(4)18-20)19-23(21,22)15-5-10(3)12(16)6-13(15)17/h5-6,8-9,19H,7H2,1-4H3. The summed E-state index contributed by atoms with van der Waals surface area (Å²) >= 11 is 12.0. The maximum atomic E-state index is 12.6. The lowest BCUT2D eigenvalue weighted by atomic mass is 10.2. The van der Waals surface area contributed by atoms with Gasteiger partial charge in [-0.2, -0.15) is 5.10 Å². The van der Waals surface area contributed by atoms with Crippen LogP contribution in [0.15, 0.2) is 23.2 Å². The van der Waals surface area contributed by atoms with Crippen LogP contribution >= 0.6 is 23.2 Å². The van der Waals surface area contributed by atoms with Crippen LogP contribution < -0.4 is 4.72 Å². The van der Waals surface area contributed by atoms with Crippen molar-refractivity contribution in [2.24, 2.45) is 5.92 Å². The lowest BCUT2D eigenvalue weighted by Gasteiger charge is -2.10. The van der Waals surface area contributed by atoms with Crippen molar-refractivity contribution in [1.29, 1.82) is 0 Å². The van der Waals surface area contributed by atoms with E-state index in [1.54, 1.807) is 24.7 Å². The van der Waals surface area contributed by atoms with E-state index in [9.17, 15) is 8.42 Å². The molecule has 0 aliphatic carbocycles. The highest BCUT2D eigenvalue weighted by molar-refractivity contribution is 7.92. The summed E-state index contributed by atoms with van der Waals surface area (Å²) in [4.78, 5) is -0.00271. The summed E-state index contributed by atoms with van der Waals surface area (Å²) in [6.07, 6.45) is 1.68. The fourth-order valence-corrected chi connectivity index (χ4v) is 4.06. The minimum Gasteiger partial charge on any atom is -0.276 e. The molecule has 5 nitrogen and oxygen atoms in total. The molecule has 0 aliphatic rings. The molecule has 23 heavy (non-hydrogen) atoms. The predicted octanol–water partition coefficient (Wildman–Crippen LogP) is 4.26. The summed E-state index contributed by atoms with van der Waals surface area (Å²) in [5.41, 5.74) is 1.69. The molecule has 0 radical (unpaired) electrons. The number of sulfonamides is 1. The predicted molar refractivity (Wildman–Crippen MR) is 93.8 cm³/mol. The van der Waals surface area contributed by atoms with Gasteiger partial charge in [0.1, 0.15) is 4.90 Å². The van der Waals surface area contributed by atoms with Crippen LogP contribution in [0.3, 0.4) is 0 Å². The van der Waals surface area contributed by atoms with Crippen molar-refractivity contribution in [3.05, 3.63) is 39.6 Å². The van der Waals surface area contributed by atoms with Crippen molar-refractivity contribution < 1.29 is 8.42 Å². The van der Waals surface area contributed by atoms with Crippen molar-refractivity contribution in [1.82, 2.24) is 9.78 Å². The largest absolute Gasteiger partial charge is 0.276 e. The number of halogens is 2. The van der Waals surface area contributed by atoms with Crippen LogP contribution in [0.4, 0.5) is 5.69 Å². The molecule has 8 heteroatoms. The Labute approximate surface area is 146 Å². The number of aromatic nitrogens is 2. The molecule has 1 heterocycles. The molecule has 2 aromatic rings. The van der Waals surface area contributed by atoms with Crippen molar-refractivity contribution in [3.8, 4) is 0 Å². The molecule has 0 amide bonds. The summed E-state index contributed by atoms with van der Waals surface area (Å²) in [5, 5.41) is 4.83. The first-order valence-electron chi connectivity index (χ1n) is 7.12. The fourth-order valence-electron chi connectivity index (χ4n) is 2.12. The van der Waals surface area contributed by atoms with Gasteiger partial charge in [-0.15, -0.1) is 0 Å². The number of nitrogens with one attached hydrogen (secondary N) is 1. The maximum Gasteiger partial charge on any atom is 0.263 e. The van der Waals surface area contributed by atoms with Gasteiger partial charge in [0.2, 0.25) is 0 Å². The molecule has 0 fully saturated rings. The van der Waals surface area contributed by atoms with Crippen molar-refractivity contribution in [2.75, 3.05) is 4.72 Å². The third-order valence-corrected chi connectivity index (χ3v) is 5.48. The molecule has 1 aromatic carbocycles. The Balaban J connectivity index is 2.36. The molecular weight excluding hydrogens is 357 g/mol. The zero-order valence-electron chi connectivity index (χ0n) is 13.4. The normalized spacial score (nSPS) is 12.0. The molecule has 1 N–H and O–H groups in total. The molecule has 0 atom stereocenters. The summed E-state index contributed by atoms with van der Waals surface area (Å²) in [7, 11) is -3.81. The first-order valence-corrected chi connectivity index (χ1v) is 9.36. The van der Waals surface area contributed by atoms with Crippen LogP contribution in [-0.2, 0) is 16.6 Å². The molecule has 2 rings (SSSR count). The van der Waals surface area contributed by atoms with Gasteiger partial charge in [0.05, 0.1) is 16.4 Å².